The molecular formula is C32H41N5O5. The Kier molecular flexibility index (Phi) is 8.43. The molecule has 10 heteroatoms. The van der Waals surface area contributed by atoms with Crippen molar-refractivity contribution < 1.29 is 23.9 Å². The van der Waals surface area contributed by atoms with Gasteiger partial charge in [0, 0.05) is 43.5 Å². The summed E-state index contributed by atoms with van der Waals surface area (Å²) in [6.07, 6.45) is 10.8. The molecule has 0 bridgehead atoms. The maximum Gasteiger partial charge on any atom is 0.410 e. The van der Waals surface area contributed by atoms with Crippen molar-refractivity contribution in [3.63, 3.8) is 0 Å². The number of anilines is 1. The summed E-state index contributed by atoms with van der Waals surface area (Å²) in [5, 5.41) is 7.72. The van der Waals surface area contributed by atoms with Crippen molar-refractivity contribution in [3.05, 3.63) is 64.8 Å². The van der Waals surface area contributed by atoms with Gasteiger partial charge in [0.25, 0.3) is 5.91 Å². The fraction of sp³-hybridized carbons (Fsp3) is 0.500. The van der Waals surface area contributed by atoms with Crippen molar-refractivity contribution >= 4 is 23.6 Å². The molecule has 3 N–H and O–H groups in total. The number of likely N-dealkylation sites (tertiary alicyclic amines) is 1. The third kappa shape index (κ3) is 7.03. The van der Waals surface area contributed by atoms with Crippen molar-refractivity contribution in [1.29, 1.82) is 0 Å². The van der Waals surface area contributed by atoms with Crippen LogP contribution in [0.5, 0.6) is 5.88 Å². The number of piperidine rings is 1. The minimum atomic E-state index is -0.564. The molecule has 42 heavy (non-hydrogen) atoms. The van der Waals surface area contributed by atoms with Crippen LogP contribution in [0.25, 0.3) is 0 Å². The smallest absolute Gasteiger partial charge is 0.410 e. The van der Waals surface area contributed by atoms with E-state index in [1.54, 1.807) is 9.58 Å². The van der Waals surface area contributed by atoms with Crippen LogP contribution in [0.3, 0.4) is 0 Å². The highest BCUT2D eigenvalue weighted by Gasteiger charge is 2.33. The zero-order valence-electron chi connectivity index (χ0n) is 24.9. The fourth-order valence-electron chi connectivity index (χ4n) is 5.13. The number of carbonyl (C=O) groups excluding carboxylic acids is 3. The highest BCUT2D eigenvalue weighted by molar-refractivity contribution is 6.05. The Bertz CT molecular complexity index is 1410. The summed E-state index contributed by atoms with van der Waals surface area (Å²) < 4.78 is 13.5. The van der Waals surface area contributed by atoms with Gasteiger partial charge in [0.15, 0.2) is 5.78 Å². The lowest BCUT2D eigenvalue weighted by Crippen LogP contribution is -2.44. The molecule has 1 unspecified atom stereocenters. The number of carbonyl (C=O) groups is 3. The zero-order valence-corrected chi connectivity index (χ0v) is 24.9. The standard InChI is InChI=1S/C32H41N5O5/c1-20-10-11-22(29(39)34-24-12-13-24)18-23(20)19-37-28(33)26(27(38)21-8-6-5-7-9-21)30(35-37)41-25-14-16-36(17-15-25)31(40)42-32(2,3)4/h5-8,10-11,18,21,24-25H,9,12-17,19,33H2,1-4H3,(H,34,39). The number of ketones is 1. The molecule has 2 aromatic rings. The van der Waals surface area contributed by atoms with Crippen molar-refractivity contribution in [2.75, 3.05) is 18.8 Å². The minimum absolute atomic E-state index is 0.0954. The highest BCUT2D eigenvalue weighted by atomic mass is 16.6. The molecule has 1 aromatic heterocycles. The van der Waals surface area contributed by atoms with E-state index >= 15 is 0 Å². The number of aryl methyl sites for hydroxylation is 1. The number of nitrogen functional groups attached to an aromatic ring is 1. The molecule has 1 saturated carbocycles. The number of ether oxygens (including phenoxy) is 2. The Balaban J connectivity index is 1.36. The van der Waals surface area contributed by atoms with Crippen molar-refractivity contribution in [3.8, 4) is 5.88 Å². The van der Waals surface area contributed by atoms with Crippen LogP contribution in [0.15, 0.2) is 42.5 Å². The molecule has 0 radical (unpaired) electrons. The van der Waals surface area contributed by atoms with E-state index in [1.807, 2.05) is 70.2 Å². The van der Waals surface area contributed by atoms with E-state index in [2.05, 4.69) is 5.32 Å². The quantitative estimate of drug-likeness (QED) is 0.432. The van der Waals surface area contributed by atoms with Crippen LogP contribution in [0.1, 0.15) is 84.7 Å². The number of amides is 2. The third-order valence-electron chi connectivity index (χ3n) is 7.74. The van der Waals surface area contributed by atoms with Gasteiger partial charge in [-0.25, -0.2) is 9.48 Å². The lowest BCUT2D eigenvalue weighted by atomic mass is 9.92. The lowest BCUT2D eigenvalue weighted by molar-refractivity contribution is 0.0122. The van der Waals surface area contributed by atoms with Crippen LogP contribution in [0, 0.1) is 12.8 Å². The summed E-state index contributed by atoms with van der Waals surface area (Å²) in [5.41, 5.74) is 8.77. The van der Waals surface area contributed by atoms with E-state index in [0.717, 1.165) is 24.0 Å². The maximum absolute atomic E-state index is 13.7. The van der Waals surface area contributed by atoms with Gasteiger partial charge >= 0.3 is 6.09 Å². The normalized spacial score (nSPS) is 19.0. The Morgan fingerprint density at radius 3 is 2.48 bits per heavy atom. The predicted molar refractivity (Wildman–Crippen MR) is 160 cm³/mol. The number of nitrogens with two attached hydrogens (primary N) is 1. The maximum atomic E-state index is 13.7. The second-order valence-corrected chi connectivity index (χ2v) is 12.4. The molecule has 3 aliphatic rings. The summed E-state index contributed by atoms with van der Waals surface area (Å²) in [4.78, 5) is 40.6. The molecule has 2 aliphatic carbocycles. The number of benzene rings is 1. The number of hydrogen-bond donors (Lipinski definition) is 2. The monoisotopic (exact) mass is 575 g/mol. The Morgan fingerprint density at radius 1 is 1.10 bits per heavy atom. The number of aromatic nitrogens is 2. The summed E-state index contributed by atoms with van der Waals surface area (Å²) in [7, 11) is 0. The molecule has 2 fully saturated rings. The van der Waals surface area contributed by atoms with Gasteiger partial charge in [0.05, 0.1) is 6.54 Å². The molecule has 224 valence electrons. The van der Waals surface area contributed by atoms with Crippen LogP contribution in [0.2, 0.25) is 0 Å². The molecule has 1 saturated heterocycles. The summed E-state index contributed by atoms with van der Waals surface area (Å²) in [6.45, 7) is 8.74. The number of nitrogens with one attached hydrogen (secondary N) is 1. The summed E-state index contributed by atoms with van der Waals surface area (Å²) in [6, 6.07) is 5.85. The molecule has 1 aliphatic heterocycles. The lowest BCUT2D eigenvalue weighted by Gasteiger charge is -2.33. The first-order chi connectivity index (χ1) is 20.0. The van der Waals surface area contributed by atoms with Gasteiger partial charge in [-0.3, -0.25) is 9.59 Å². The number of allylic oxidation sites excluding steroid dienone is 4. The SMILES string of the molecule is Cc1ccc(C(=O)NC2CC2)cc1Cn1nc(OC2CCN(C(=O)OC(C)(C)C)CC2)c(C(=O)C2C=CC=CC2)c1N. The van der Waals surface area contributed by atoms with Gasteiger partial charge in [0.1, 0.15) is 23.1 Å². The molecule has 2 amide bonds. The second kappa shape index (κ2) is 12.0. The molecular weight excluding hydrogens is 534 g/mol. The first-order valence-electron chi connectivity index (χ1n) is 14.8. The van der Waals surface area contributed by atoms with Crippen LogP contribution in [-0.4, -0.2) is 63.3 Å². The first kappa shape index (κ1) is 29.4. The molecule has 1 aromatic carbocycles. The van der Waals surface area contributed by atoms with Crippen LogP contribution in [0.4, 0.5) is 10.6 Å². The molecule has 2 heterocycles. The van der Waals surface area contributed by atoms with Gasteiger partial charge in [0.2, 0.25) is 5.88 Å². The Morgan fingerprint density at radius 2 is 1.83 bits per heavy atom. The average molecular weight is 576 g/mol. The molecule has 5 rings (SSSR count). The molecule has 10 nitrogen and oxygen atoms in total. The Labute approximate surface area is 246 Å². The topological polar surface area (TPSA) is 129 Å². The average Bonchev–Trinajstić information content (AvgIpc) is 3.72. The fourth-order valence-corrected chi connectivity index (χ4v) is 5.13. The van der Waals surface area contributed by atoms with E-state index in [4.69, 9.17) is 20.3 Å². The molecule has 0 spiro atoms. The molecule has 1 atom stereocenters. The van der Waals surface area contributed by atoms with Gasteiger partial charge in [-0.2, -0.15) is 0 Å². The Hall–Kier alpha value is -4.08. The van der Waals surface area contributed by atoms with Crippen molar-refractivity contribution in [1.82, 2.24) is 20.0 Å². The summed E-state index contributed by atoms with van der Waals surface area (Å²) >= 11 is 0. The van der Waals surface area contributed by atoms with Crippen molar-refractivity contribution in [2.45, 2.75) is 84.1 Å². The second-order valence-electron chi connectivity index (χ2n) is 12.4. The van der Waals surface area contributed by atoms with E-state index in [-0.39, 0.29) is 59.7 Å². The number of nitrogens with zero attached hydrogens (tertiary/aromatic N) is 3. The van der Waals surface area contributed by atoms with Gasteiger partial charge in [-0.15, -0.1) is 5.10 Å². The summed E-state index contributed by atoms with van der Waals surface area (Å²) in [5.74, 6) is -0.160. The van der Waals surface area contributed by atoms with Gasteiger partial charge in [-0.05, 0) is 70.2 Å². The number of rotatable bonds is 8. The van der Waals surface area contributed by atoms with E-state index in [0.29, 0.717) is 37.9 Å². The zero-order chi connectivity index (χ0) is 30.0. The minimum Gasteiger partial charge on any atom is -0.473 e. The number of Topliss-reactive ketones (excluding diaryl/α,β-unsaturated/α-hetero) is 1. The van der Waals surface area contributed by atoms with E-state index in [1.165, 1.54) is 0 Å². The van der Waals surface area contributed by atoms with Crippen LogP contribution >= 0.6 is 0 Å². The van der Waals surface area contributed by atoms with E-state index in [9.17, 15) is 14.4 Å². The van der Waals surface area contributed by atoms with Crippen LogP contribution < -0.4 is 15.8 Å². The van der Waals surface area contributed by atoms with Crippen molar-refractivity contribution in [2.24, 2.45) is 5.92 Å². The predicted octanol–water partition coefficient (Wildman–Crippen LogP) is 4.81. The van der Waals surface area contributed by atoms with Gasteiger partial charge < -0.3 is 25.4 Å². The third-order valence-corrected chi connectivity index (χ3v) is 7.74. The first-order valence-corrected chi connectivity index (χ1v) is 14.8. The van der Waals surface area contributed by atoms with Gasteiger partial charge in [-0.1, -0.05) is 30.4 Å². The number of hydrogen-bond acceptors (Lipinski definition) is 7. The highest BCUT2D eigenvalue weighted by Crippen LogP contribution is 2.32. The van der Waals surface area contributed by atoms with Crippen LogP contribution in [-0.2, 0) is 11.3 Å². The largest absolute Gasteiger partial charge is 0.473 e. The van der Waals surface area contributed by atoms with E-state index < -0.39 is 5.60 Å².